The summed E-state index contributed by atoms with van der Waals surface area (Å²) in [7, 11) is -1.39. The normalized spacial score (nSPS) is 14.0. The van der Waals surface area contributed by atoms with Crippen molar-refractivity contribution in [3.8, 4) is 11.5 Å². The summed E-state index contributed by atoms with van der Waals surface area (Å²) in [5.41, 5.74) is 2.45. The lowest BCUT2D eigenvalue weighted by atomic mass is 9.94. The Bertz CT molecular complexity index is 1920. The predicted octanol–water partition coefficient (Wildman–Crippen LogP) is 7.60. The van der Waals surface area contributed by atoms with Gasteiger partial charge in [-0.1, -0.05) is 96.6 Å². The topological polar surface area (TPSA) is 105 Å². The van der Waals surface area contributed by atoms with Crippen LogP contribution in [-0.4, -0.2) is 58.0 Å². The van der Waals surface area contributed by atoms with Gasteiger partial charge in [0.1, 0.15) is 12.6 Å². The summed E-state index contributed by atoms with van der Waals surface area (Å²) >= 11 is 12.9. The molecule has 1 atom stereocenters. The number of carbonyl (C=O) groups is 2. The molecule has 4 aromatic rings. The molecule has 0 spiro atoms. The smallest absolute Gasteiger partial charge is 0.264 e. The molecule has 1 fully saturated rings. The Morgan fingerprint density at radius 2 is 1.55 bits per heavy atom. The van der Waals surface area contributed by atoms with Gasteiger partial charge in [-0.2, -0.15) is 0 Å². The third kappa shape index (κ3) is 9.55. The number of rotatable bonds is 14. The van der Waals surface area contributed by atoms with Crippen LogP contribution < -0.4 is 19.1 Å². The molecule has 0 saturated heterocycles. The first-order valence-corrected chi connectivity index (χ1v) is 19.1. The highest BCUT2D eigenvalue weighted by atomic mass is 35.5. The van der Waals surface area contributed by atoms with E-state index < -0.39 is 28.5 Å². The van der Waals surface area contributed by atoms with Crippen LogP contribution in [0.5, 0.6) is 11.5 Å². The number of benzene rings is 4. The monoisotopic (exact) mass is 751 g/mol. The van der Waals surface area contributed by atoms with Gasteiger partial charge in [-0.25, -0.2) is 8.42 Å². The van der Waals surface area contributed by atoms with Crippen molar-refractivity contribution < 1.29 is 27.5 Å². The molecule has 12 heteroatoms. The molecule has 0 aromatic heterocycles. The van der Waals surface area contributed by atoms with Crippen LogP contribution in [0.25, 0.3) is 0 Å². The summed E-state index contributed by atoms with van der Waals surface area (Å²) in [6, 6.07) is 24.4. The maximum Gasteiger partial charge on any atom is 0.264 e. The maximum atomic E-state index is 14.9. The van der Waals surface area contributed by atoms with E-state index in [1.807, 2.05) is 37.3 Å². The van der Waals surface area contributed by atoms with Gasteiger partial charge in [0.15, 0.2) is 11.5 Å². The number of anilines is 1. The van der Waals surface area contributed by atoms with Crippen molar-refractivity contribution in [2.45, 2.75) is 69.0 Å². The van der Waals surface area contributed by atoms with E-state index in [0.717, 1.165) is 47.5 Å². The second-order valence-corrected chi connectivity index (χ2v) is 15.4. The standard InChI is InChI=1S/C39H43Cl2N3O6S/c1-27-14-19-33(20-15-27)51(47,48)44(32-18-21-36(49-2)37(24-32)50-3)26-38(45)43(25-29-16-17-30(40)23-34(29)41)35(22-28-10-6-4-7-11-28)39(46)42-31-12-8-5-9-13-31/h4,6-7,10-11,14-21,23-24,31,35H,5,8-9,12-13,22,25-26H2,1-3H3,(H,42,46)/t35-/m1/s1. The van der Waals surface area contributed by atoms with Crippen LogP contribution in [0.15, 0.2) is 95.9 Å². The Labute approximate surface area is 310 Å². The van der Waals surface area contributed by atoms with Gasteiger partial charge < -0.3 is 19.7 Å². The summed E-state index contributed by atoms with van der Waals surface area (Å²) < 4.78 is 40.8. The summed E-state index contributed by atoms with van der Waals surface area (Å²) in [5, 5.41) is 3.94. The van der Waals surface area contributed by atoms with Crippen LogP contribution in [-0.2, 0) is 32.6 Å². The fourth-order valence-electron chi connectivity index (χ4n) is 6.28. The van der Waals surface area contributed by atoms with Gasteiger partial charge in [0.2, 0.25) is 11.8 Å². The first kappa shape index (κ1) is 38.0. The molecule has 0 unspecified atom stereocenters. The largest absolute Gasteiger partial charge is 0.493 e. The zero-order valence-electron chi connectivity index (χ0n) is 29.0. The quantitative estimate of drug-likeness (QED) is 0.142. The molecule has 0 heterocycles. The molecule has 1 aliphatic carbocycles. The van der Waals surface area contributed by atoms with Gasteiger partial charge in [0, 0.05) is 35.1 Å². The molecule has 1 aliphatic rings. The van der Waals surface area contributed by atoms with Crippen LogP contribution in [0.3, 0.4) is 0 Å². The van der Waals surface area contributed by atoms with E-state index in [1.165, 1.54) is 37.3 Å². The Kier molecular flexibility index (Phi) is 12.9. The van der Waals surface area contributed by atoms with E-state index in [-0.39, 0.29) is 41.2 Å². The van der Waals surface area contributed by atoms with Crippen molar-refractivity contribution in [2.24, 2.45) is 0 Å². The van der Waals surface area contributed by atoms with Crippen LogP contribution >= 0.6 is 23.2 Å². The van der Waals surface area contributed by atoms with E-state index in [0.29, 0.717) is 21.4 Å². The summed E-state index contributed by atoms with van der Waals surface area (Å²) in [4.78, 5) is 30.6. The minimum absolute atomic E-state index is 0.00106. The number of hydrogen-bond acceptors (Lipinski definition) is 6. The number of hydrogen-bond donors (Lipinski definition) is 1. The Morgan fingerprint density at radius 1 is 0.863 bits per heavy atom. The first-order valence-electron chi connectivity index (χ1n) is 16.9. The van der Waals surface area contributed by atoms with Gasteiger partial charge in [0.25, 0.3) is 10.0 Å². The second kappa shape index (κ2) is 17.3. The van der Waals surface area contributed by atoms with Gasteiger partial charge in [-0.15, -0.1) is 0 Å². The van der Waals surface area contributed by atoms with Crippen molar-refractivity contribution in [3.63, 3.8) is 0 Å². The lowest BCUT2D eigenvalue weighted by Crippen LogP contribution is -2.55. The predicted molar refractivity (Wildman–Crippen MR) is 201 cm³/mol. The molecule has 51 heavy (non-hydrogen) atoms. The lowest BCUT2D eigenvalue weighted by molar-refractivity contribution is -0.140. The van der Waals surface area contributed by atoms with E-state index >= 15 is 0 Å². The fourth-order valence-corrected chi connectivity index (χ4v) is 8.15. The fraction of sp³-hybridized carbons (Fsp3) is 0.333. The SMILES string of the molecule is COc1ccc(N(CC(=O)N(Cc2ccc(Cl)cc2Cl)[C@H](Cc2ccccc2)C(=O)NC2CCCCC2)S(=O)(=O)c2ccc(C)cc2)cc1OC. The number of aryl methyl sites for hydroxylation is 1. The minimum atomic E-state index is -4.31. The van der Waals surface area contributed by atoms with Crippen LogP contribution in [0.2, 0.25) is 10.0 Å². The van der Waals surface area contributed by atoms with Gasteiger partial charge in [0.05, 0.1) is 24.8 Å². The third-order valence-corrected chi connectivity index (χ3v) is 11.5. The molecule has 0 aliphatic heterocycles. The number of sulfonamides is 1. The number of ether oxygens (including phenoxy) is 2. The molecule has 0 bridgehead atoms. The highest BCUT2D eigenvalue weighted by Crippen LogP contribution is 2.34. The van der Waals surface area contributed by atoms with Crippen LogP contribution in [0, 0.1) is 6.92 Å². The lowest BCUT2D eigenvalue weighted by Gasteiger charge is -2.35. The van der Waals surface area contributed by atoms with Gasteiger partial charge in [-0.3, -0.25) is 13.9 Å². The molecular weight excluding hydrogens is 709 g/mol. The molecule has 2 amide bonds. The Balaban J connectivity index is 1.61. The molecule has 5 rings (SSSR count). The average Bonchev–Trinajstić information content (AvgIpc) is 3.13. The van der Waals surface area contributed by atoms with Crippen LogP contribution in [0.1, 0.15) is 48.8 Å². The van der Waals surface area contributed by atoms with Crippen molar-refractivity contribution >= 4 is 50.7 Å². The number of halogens is 2. The number of carbonyl (C=O) groups excluding carboxylic acids is 2. The number of nitrogens with zero attached hydrogens (tertiary/aromatic N) is 2. The second-order valence-electron chi connectivity index (χ2n) is 12.7. The molecule has 9 nitrogen and oxygen atoms in total. The molecule has 1 saturated carbocycles. The van der Waals surface area contributed by atoms with Crippen molar-refractivity contribution in [3.05, 3.63) is 118 Å². The van der Waals surface area contributed by atoms with Crippen molar-refractivity contribution in [1.29, 1.82) is 0 Å². The van der Waals surface area contributed by atoms with E-state index in [9.17, 15) is 18.0 Å². The highest BCUT2D eigenvalue weighted by molar-refractivity contribution is 7.92. The summed E-state index contributed by atoms with van der Waals surface area (Å²) in [6.07, 6.45) is 5.02. The maximum absolute atomic E-state index is 14.9. The summed E-state index contributed by atoms with van der Waals surface area (Å²) in [5.74, 6) is -0.249. The Hall–Kier alpha value is -4.25. The highest BCUT2D eigenvalue weighted by Gasteiger charge is 2.36. The zero-order chi connectivity index (χ0) is 36.5. The molecule has 1 N–H and O–H groups in total. The van der Waals surface area contributed by atoms with Crippen molar-refractivity contribution in [2.75, 3.05) is 25.1 Å². The number of amides is 2. The average molecular weight is 753 g/mol. The Morgan fingerprint density at radius 3 is 2.20 bits per heavy atom. The van der Waals surface area contributed by atoms with E-state index in [4.69, 9.17) is 32.7 Å². The molecule has 270 valence electrons. The third-order valence-electron chi connectivity index (χ3n) is 9.12. The van der Waals surface area contributed by atoms with Crippen molar-refractivity contribution in [1.82, 2.24) is 10.2 Å². The first-order chi connectivity index (χ1) is 24.5. The van der Waals surface area contributed by atoms with E-state index in [2.05, 4.69) is 5.32 Å². The van der Waals surface area contributed by atoms with E-state index in [1.54, 1.807) is 42.5 Å². The van der Waals surface area contributed by atoms with Crippen LogP contribution in [0.4, 0.5) is 5.69 Å². The zero-order valence-corrected chi connectivity index (χ0v) is 31.3. The number of methoxy groups -OCH3 is 2. The molecule has 0 radical (unpaired) electrons. The molecular formula is C39H43Cl2N3O6S. The molecule has 4 aromatic carbocycles. The summed E-state index contributed by atoms with van der Waals surface area (Å²) in [6.45, 7) is 1.16. The van der Waals surface area contributed by atoms with Gasteiger partial charge >= 0.3 is 0 Å². The number of nitrogens with one attached hydrogen (secondary N) is 1. The van der Waals surface area contributed by atoms with Gasteiger partial charge in [-0.05, 0) is 67.3 Å². The minimum Gasteiger partial charge on any atom is -0.493 e.